The lowest BCUT2D eigenvalue weighted by molar-refractivity contribution is 0.137. The maximum absolute atomic E-state index is 13.4. The Kier molecular flexibility index (Phi) is 7.74. The minimum Gasteiger partial charge on any atom is -0.487 e. The van der Waals surface area contributed by atoms with Gasteiger partial charge in [-0.1, -0.05) is 48.5 Å². The van der Waals surface area contributed by atoms with Gasteiger partial charge in [-0.05, 0) is 85.8 Å². The second-order valence-corrected chi connectivity index (χ2v) is 13.2. The molecule has 1 heterocycles. The standard InChI is InChI=1S/C31H35N3O5S2/c1-18-19(2)28(20(3)25-16-31(4,5)39-27(18)25)41(36,37)34-29(40)32-14-15-33-30(35)38-17-26-23-12-8-6-10-21(23)22-11-7-9-13-24(22)26/h6-13,26H,14-17H2,1-5H3,(H,33,35)(H2,32,34,40). The molecule has 5 rings (SSSR count). The van der Waals surface area contributed by atoms with Gasteiger partial charge < -0.3 is 20.1 Å². The average molecular weight is 594 g/mol. The van der Waals surface area contributed by atoms with Crippen LogP contribution in [0.15, 0.2) is 53.4 Å². The number of sulfonamides is 1. The van der Waals surface area contributed by atoms with Crippen molar-refractivity contribution in [2.24, 2.45) is 0 Å². The van der Waals surface area contributed by atoms with Crippen molar-refractivity contribution in [1.82, 2.24) is 15.4 Å². The normalized spacial score (nSPS) is 14.9. The highest BCUT2D eigenvalue weighted by Crippen LogP contribution is 2.45. The third-order valence-electron chi connectivity index (χ3n) is 7.81. The number of nitrogens with one attached hydrogen (secondary N) is 3. The van der Waals surface area contributed by atoms with Gasteiger partial charge in [-0.15, -0.1) is 0 Å². The zero-order chi connectivity index (χ0) is 29.5. The Morgan fingerprint density at radius 1 is 0.951 bits per heavy atom. The van der Waals surface area contributed by atoms with Crippen molar-refractivity contribution in [2.75, 3.05) is 19.7 Å². The van der Waals surface area contributed by atoms with E-state index in [1.807, 2.05) is 45.0 Å². The van der Waals surface area contributed by atoms with Gasteiger partial charge in [-0.2, -0.15) is 0 Å². The molecule has 0 fully saturated rings. The fourth-order valence-electron chi connectivity index (χ4n) is 5.85. The average Bonchev–Trinajstić information content (AvgIpc) is 3.42. The van der Waals surface area contributed by atoms with Gasteiger partial charge in [-0.25, -0.2) is 13.2 Å². The molecule has 216 valence electrons. The highest BCUT2D eigenvalue weighted by molar-refractivity contribution is 7.92. The summed E-state index contributed by atoms with van der Waals surface area (Å²) in [5, 5.41) is 5.50. The fourth-order valence-corrected chi connectivity index (χ4v) is 7.78. The monoisotopic (exact) mass is 593 g/mol. The summed E-state index contributed by atoms with van der Waals surface area (Å²) in [7, 11) is -3.94. The molecule has 10 heteroatoms. The highest BCUT2D eigenvalue weighted by Gasteiger charge is 2.37. The molecule has 1 amide bonds. The van der Waals surface area contributed by atoms with Gasteiger partial charge in [0.05, 0.1) is 4.90 Å². The Morgan fingerprint density at radius 2 is 1.54 bits per heavy atom. The summed E-state index contributed by atoms with van der Waals surface area (Å²) >= 11 is 5.26. The molecule has 8 nitrogen and oxygen atoms in total. The Morgan fingerprint density at radius 3 is 2.17 bits per heavy atom. The van der Waals surface area contributed by atoms with E-state index >= 15 is 0 Å². The second kappa shape index (κ2) is 11.0. The zero-order valence-corrected chi connectivity index (χ0v) is 25.5. The summed E-state index contributed by atoms with van der Waals surface area (Å²) in [5.74, 6) is 0.740. The van der Waals surface area contributed by atoms with Crippen LogP contribution >= 0.6 is 12.2 Å². The molecule has 0 aromatic heterocycles. The van der Waals surface area contributed by atoms with Crippen molar-refractivity contribution in [3.63, 3.8) is 0 Å². The van der Waals surface area contributed by atoms with Gasteiger partial charge in [0.2, 0.25) is 0 Å². The molecule has 0 spiro atoms. The molecule has 1 aliphatic carbocycles. The lowest BCUT2D eigenvalue weighted by Crippen LogP contribution is -2.43. The first kappa shape index (κ1) is 28.9. The van der Waals surface area contributed by atoms with Crippen LogP contribution in [0, 0.1) is 20.8 Å². The van der Waals surface area contributed by atoms with Crippen LogP contribution in [-0.2, 0) is 21.2 Å². The zero-order valence-electron chi connectivity index (χ0n) is 23.9. The van der Waals surface area contributed by atoms with Gasteiger partial charge >= 0.3 is 6.09 Å². The van der Waals surface area contributed by atoms with Crippen LogP contribution < -0.4 is 20.1 Å². The van der Waals surface area contributed by atoms with Gasteiger partial charge in [0, 0.05) is 31.0 Å². The van der Waals surface area contributed by atoms with E-state index in [4.69, 9.17) is 21.7 Å². The summed E-state index contributed by atoms with van der Waals surface area (Å²) < 4.78 is 40.8. The van der Waals surface area contributed by atoms with Crippen LogP contribution in [0.5, 0.6) is 5.75 Å². The Balaban J connectivity index is 1.13. The van der Waals surface area contributed by atoms with Crippen LogP contribution in [0.1, 0.15) is 53.1 Å². The van der Waals surface area contributed by atoms with Crippen molar-refractivity contribution in [3.8, 4) is 16.9 Å². The molecular weight excluding hydrogens is 558 g/mol. The predicted octanol–water partition coefficient (Wildman–Crippen LogP) is 5.02. The SMILES string of the molecule is Cc1c(C)c(S(=O)(=O)NC(=S)NCCNC(=O)OCC2c3ccccc3-c3ccccc32)c(C)c2c1OC(C)(C)C2. The molecule has 0 saturated carbocycles. The third-order valence-corrected chi connectivity index (χ3v) is 9.81. The lowest BCUT2D eigenvalue weighted by atomic mass is 9.94. The fraction of sp³-hybridized carbons (Fsp3) is 0.355. The number of hydrogen-bond donors (Lipinski definition) is 3. The van der Waals surface area contributed by atoms with E-state index in [1.54, 1.807) is 13.8 Å². The number of amides is 1. The van der Waals surface area contributed by atoms with E-state index in [2.05, 4.69) is 39.6 Å². The Labute approximate surface area is 246 Å². The molecule has 3 N–H and O–H groups in total. The molecule has 0 bridgehead atoms. The topological polar surface area (TPSA) is 106 Å². The van der Waals surface area contributed by atoms with Crippen molar-refractivity contribution in [1.29, 1.82) is 0 Å². The number of benzene rings is 3. The summed E-state index contributed by atoms with van der Waals surface area (Å²) in [5.41, 5.74) is 7.23. The molecule has 3 aromatic rings. The largest absolute Gasteiger partial charge is 0.487 e. The smallest absolute Gasteiger partial charge is 0.407 e. The molecule has 0 atom stereocenters. The molecule has 2 aliphatic rings. The molecule has 41 heavy (non-hydrogen) atoms. The first-order chi connectivity index (χ1) is 19.4. The van der Waals surface area contributed by atoms with Gasteiger partial charge in [-0.3, -0.25) is 4.72 Å². The van der Waals surface area contributed by atoms with E-state index in [0.717, 1.165) is 39.1 Å². The van der Waals surface area contributed by atoms with Crippen LogP contribution in [0.4, 0.5) is 4.79 Å². The number of hydrogen-bond acceptors (Lipinski definition) is 6. The van der Waals surface area contributed by atoms with Crippen LogP contribution in [0.2, 0.25) is 0 Å². The van der Waals surface area contributed by atoms with E-state index in [-0.39, 0.29) is 35.6 Å². The van der Waals surface area contributed by atoms with Gasteiger partial charge in [0.25, 0.3) is 10.0 Å². The number of thiocarbonyl (C=S) groups is 1. The lowest BCUT2D eigenvalue weighted by Gasteiger charge is -2.19. The number of alkyl carbamates (subject to hydrolysis) is 1. The number of carbonyl (C=O) groups is 1. The van der Waals surface area contributed by atoms with Gasteiger partial charge in [0.1, 0.15) is 18.0 Å². The molecule has 1 aliphatic heterocycles. The van der Waals surface area contributed by atoms with Crippen molar-refractivity contribution in [3.05, 3.63) is 81.9 Å². The second-order valence-electron chi connectivity index (χ2n) is 11.2. The molecular formula is C31H35N3O5S2. The Hall–Kier alpha value is -3.63. The molecule has 0 radical (unpaired) electrons. The summed E-state index contributed by atoms with van der Waals surface area (Å²) in [4.78, 5) is 12.6. The molecule has 0 saturated heterocycles. The third kappa shape index (κ3) is 5.63. The van der Waals surface area contributed by atoms with E-state index in [9.17, 15) is 13.2 Å². The maximum atomic E-state index is 13.4. The minimum atomic E-state index is -3.94. The van der Waals surface area contributed by atoms with Crippen LogP contribution in [-0.4, -0.2) is 44.9 Å². The van der Waals surface area contributed by atoms with Crippen LogP contribution in [0.25, 0.3) is 11.1 Å². The summed E-state index contributed by atoms with van der Waals surface area (Å²) in [6, 6.07) is 16.3. The summed E-state index contributed by atoms with van der Waals surface area (Å²) in [6.45, 7) is 10.1. The van der Waals surface area contributed by atoms with Gasteiger partial charge in [0.15, 0.2) is 5.11 Å². The maximum Gasteiger partial charge on any atom is 0.407 e. The van der Waals surface area contributed by atoms with Crippen molar-refractivity contribution in [2.45, 2.75) is 57.5 Å². The van der Waals surface area contributed by atoms with Crippen LogP contribution in [0.3, 0.4) is 0 Å². The summed E-state index contributed by atoms with van der Waals surface area (Å²) in [6.07, 6.45) is 0.0763. The number of ether oxygens (including phenoxy) is 2. The van der Waals surface area contributed by atoms with E-state index in [0.29, 0.717) is 17.5 Å². The molecule has 0 unspecified atom stereocenters. The number of fused-ring (bicyclic) bond motifs is 4. The van der Waals surface area contributed by atoms with Crippen molar-refractivity contribution < 1.29 is 22.7 Å². The highest BCUT2D eigenvalue weighted by atomic mass is 32.2. The Bertz CT molecular complexity index is 1600. The predicted molar refractivity (Wildman–Crippen MR) is 163 cm³/mol. The van der Waals surface area contributed by atoms with Crippen molar-refractivity contribution >= 4 is 33.4 Å². The quantitative estimate of drug-likeness (QED) is 0.261. The first-order valence-corrected chi connectivity index (χ1v) is 15.5. The molecule has 3 aromatic carbocycles. The number of rotatable bonds is 7. The number of carbonyl (C=O) groups excluding carboxylic acids is 1. The van der Waals surface area contributed by atoms with E-state index in [1.165, 1.54) is 0 Å². The first-order valence-electron chi connectivity index (χ1n) is 13.6. The minimum absolute atomic E-state index is 0.0272. The van der Waals surface area contributed by atoms with E-state index < -0.39 is 21.7 Å².